The fourth-order valence-corrected chi connectivity index (χ4v) is 5.20. The van der Waals surface area contributed by atoms with Gasteiger partial charge in [0, 0.05) is 20.0 Å². The minimum atomic E-state index is -3.79. The molecular weight excluding hydrogens is 486 g/mol. The second-order valence-corrected chi connectivity index (χ2v) is 11.3. The van der Waals surface area contributed by atoms with Crippen molar-refractivity contribution in [3.05, 3.63) is 101 Å². The minimum Gasteiger partial charge on any atom is -0.357 e. The highest BCUT2D eigenvalue weighted by Crippen LogP contribution is 2.24. The summed E-state index contributed by atoms with van der Waals surface area (Å²) in [5, 5.41) is 2.68. The Balaban J connectivity index is 2.04. The third-order valence-electron chi connectivity index (χ3n) is 6.29. The van der Waals surface area contributed by atoms with Crippen LogP contribution in [-0.4, -0.2) is 51.0 Å². The van der Waals surface area contributed by atoms with Crippen molar-refractivity contribution in [3.8, 4) is 0 Å². The van der Waals surface area contributed by atoms with Gasteiger partial charge in [-0.15, -0.1) is 0 Å². The predicted molar refractivity (Wildman–Crippen MR) is 148 cm³/mol. The first-order valence-corrected chi connectivity index (χ1v) is 14.0. The summed E-state index contributed by atoms with van der Waals surface area (Å²) in [5.74, 6) is -0.780. The van der Waals surface area contributed by atoms with Crippen LogP contribution in [0.15, 0.2) is 72.8 Å². The van der Waals surface area contributed by atoms with E-state index in [9.17, 15) is 18.0 Å². The first kappa shape index (κ1) is 27.9. The third kappa shape index (κ3) is 7.43. The van der Waals surface area contributed by atoms with Gasteiger partial charge in [-0.2, -0.15) is 0 Å². The monoisotopic (exact) mass is 521 g/mol. The molecule has 8 heteroatoms. The molecule has 1 atom stereocenters. The van der Waals surface area contributed by atoms with Crippen molar-refractivity contribution in [2.75, 3.05) is 24.2 Å². The maximum absolute atomic E-state index is 13.9. The van der Waals surface area contributed by atoms with Gasteiger partial charge in [-0.1, -0.05) is 77.9 Å². The number of nitrogens with one attached hydrogen (secondary N) is 1. The number of amides is 2. The molecule has 0 saturated carbocycles. The molecule has 0 aliphatic carbocycles. The molecule has 0 saturated heterocycles. The van der Waals surface area contributed by atoms with Crippen LogP contribution in [0.5, 0.6) is 0 Å². The number of carbonyl (C=O) groups is 2. The van der Waals surface area contributed by atoms with Crippen molar-refractivity contribution in [1.82, 2.24) is 10.2 Å². The van der Waals surface area contributed by atoms with Crippen molar-refractivity contribution in [2.24, 2.45) is 0 Å². The van der Waals surface area contributed by atoms with Crippen molar-refractivity contribution < 1.29 is 18.0 Å². The number of benzene rings is 3. The molecule has 0 radical (unpaired) electrons. The van der Waals surface area contributed by atoms with E-state index in [1.165, 1.54) is 11.9 Å². The number of aryl methyl sites for hydroxylation is 3. The van der Waals surface area contributed by atoms with E-state index in [0.29, 0.717) is 12.1 Å². The van der Waals surface area contributed by atoms with E-state index in [-0.39, 0.29) is 12.5 Å². The second kappa shape index (κ2) is 12.1. The fraction of sp³-hybridized carbons (Fsp3) is 0.310. The third-order valence-corrected chi connectivity index (χ3v) is 7.42. The van der Waals surface area contributed by atoms with Gasteiger partial charge in [0.1, 0.15) is 12.6 Å². The lowest BCUT2D eigenvalue weighted by Gasteiger charge is -2.33. The summed E-state index contributed by atoms with van der Waals surface area (Å²) in [6.45, 7) is 5.46. The van der Waals surface area contributed by atoms with Crippen molar-refractivity contribution in [3.63, 3.8) is 0 Å². The summed E-state index contributed by atoms with van der Waals surface area (Å²) in [5.41, 5.74) is 4.99. The maximum Gasteiger partial charge on any atom is 0.244 e. The Kier molecular flexibility index (Phi) is 9.10. The van der Waals surface area contributed by atoms with E-state index in [4.69, 9.17) is 0 Å². The smallest absolute Gasteiger partial charge is 0.244 e. The highest BCUT2D eigenvalue weighted by Gasteiger charge is 2.32. The van der Waals surface area contributed by atoms with Gasteiger partial charge in [0.05, 0.1) is 11.9 Å². The number of hydrogen-bond donors (Lipinski definition) is 1. The SMILES string of the molecule is CNC(=O)[C@H](Cc1ccccc1)N(Cc1ccc(C)cc1)C(=O)CN(c1ccc(C)cc1C)S(C)(=O)=O. The molecule has 37 heavy (non-hydrogen) atoms. The van der Waals surface area contributed by atoms with Gasteiger partial charge >= 0.3 is 0 Å². The number of anilines is 1. The molecule has 3 rings (SSSR count). The first-order chi connectivity index (χ1) is 17.5. The molecule has 0 aliphatic heterocycles. The van der Waals surface area contributed by atoms with Gasteiger partial charge in [-0.3, -0.25) is 13.9 Å². The summed E-state index contributed by atoms with van der Waals surface area (Å²) in [6, 6.07) is 21.8. The van der Waals surface area contributed by atoms with Crippen LogP contribution in [-0.2, 0) is 32.6 Å². The number of nitrogens with zero attached hydrogens (tertiary/aromatic N) is 2. The molecule has 0 unspecified atom stereocenters. The van der Waals surface area contributed by atoms with Crippen LogP contribution in [0.2, 0.25) is 0 Å². The molecule has 196 valence electrons. The van der Waals surface area contributed by atoms with Gasteiger partial charge in [0.2, 0.25) is 21.8 Å². The van der Waals surface area contributed by atoms with Crippen LogP contribution < -0.4 is 9.62 Å². The lowest BCUT2D eigenvalue weighted by Crippen LogP contribution is -2.53. The molecule has 0 aromatic heterocycles. The lowest BCUT2D eigenvalue weighted by atomic mass is 10.0. The van der Waals surface area contributed by atoms with Gasteiger partial charge in [-0.25, -0.2) is 8.42 Å². The molecule has 0 spiro atoms. The normalized spacial score (nSPS) is 12.0. The predicted octanol–water partition coefficient (Wildman–Crippen LogP) is 3.76. The van der Waals surface area contributed by atoms with E-state index in [0.717, 1.165) is 38.4 Å². The summed E-state index contributed by atoms with van der Waals surface area (Å²) >= 11 is 0. The zero-order valence-electron chi connectivity index (χ0n) is 22.1. The molecule has 0 fully saturated rings. The number of rotatable bonds is 10. The molecular formula is C29H35N3O4S. The van der Waals surface area contributed by atoms with Crippen LogP contribution in [0, 0.1) is 20.8 Å². The Morgan fingerprint density at radius 3 is 2.05 bits per heavy atom. The molecule has 3 aromatic carbocycles. The van der Waals surface area contributed by atoms with E-state index >= 15 is 0 Å². The largest absolute Gasteiger partial charge is 0.357 e. The van der Waals surface area contributed by atoms with Crippen molar-refractivity contribution in [1.29, 1.82) is 0 Å². The van der Waals surface area contributed by atoms with Gasteiger partial charge in [0.15, 0.2) is 0 Å². The zero-order chi connectivity index (χ0) is 27.2. The summed E-state index contributed by atoms with van der Waals surface area (Å²) in [7, 11) is -2.25. The fourth-order valence-electron chi connectivity index (χ4n) is 4.29. The van der Waals surface area contributed by atoms with Gasteiger partial charge in [-0.05, 0) is 43.5 Å². The number of carbonyl (C=O) groups excluding carboxylic acids is 2. The van der Waals surface area contributed by atoms with E-state index in [1.54, 1.807) is 6.07 Å². The van der Waals surface area contributed by atoms with Crippen LogP contribution in [0.4, 0.5) is 5.69 Å². The standard InChI is InChI=1S/C29H35N3O4S/c1-21-11-14-25(15-12-21)19-31(27(29(34)30-4)18-24-9-7-6-8-10-24)28(33)20-32(37(5,35)36)26-16-13-22(2)17-23(26)3/h6-17,27H,18-20H2,1-5H3,(H,30,34)/t27-/m0/s1. The molecule has 0 aliphatic rings. The Hall–Kier alpha value is -3.65. The van der Waals surface area contributed by atoms with Crippen molar-refractivity contribution in [2.45, 2.75) is 39.8 Å². The second-order valence-electron chi connectivity index (χ2n) is 9.39. The molecule has 0 heterocycles. The van der Waals surface area contributed by atoms with Crippen molar-refractivity contribution >= 4 is 27.5 Å². The topological polar surface area (TPSA) is 86.8 Å². The number of hydrogen-bond acceptors (Lipinski definition) is 4. The summed E-state index contributed by atoms with van der Waals surface area (Å²) in [6.07, 6.45) is 1.38. The zero-order valence-corrected chi connectivity index (χ0v) is 22.9. The molecule has 0 bridgehead atoms. The number of sulfonamides is 1. The summed E-state index contributed by atoms with van der Waals surface area (Å²) < 4.78 is 26.8. The van der Waals surface area contributed by atoms with Crippen LogP contribution in [0.1, 0.15) is 27.8 Å². The molecule has 2 amide bonds. The highest BCUT2D eigenvalue weighted by molar-refractivity contribution is 7.92. The molecule has 7 nitrogen and oxygen atoms in total. The van der Waals surface area contributed by atoms with E-state index < -0.39 is 28.5 Å². The highest BCUT2D eigenvalue weighted by atomic mass is 32.2. The Bertz CT molecular complexity index is 1340. The van der Waals surface area contributed by atoms with Crippen LogP contribution in [0.3, 0.4) is 0 Å². The molecule has 3 aromatic rings. The maximum atomic E-state index is 13.9. The average Bonchev–Trinajstić information content (AvgIpc) is 2.85. The minimum absolute atomic E-state index is 0.161. The van der Waals surface area contributed by atoms with E-state index in [2.05, 4.69) is 5.32 Å². The lowest BCUT2D eigenvalue weighted by molar-refractivity contribution is -0.139. The number of likely N-dealkylation sites (N-methyl/N-ethyl adjacent to an activating group) is 1. The van der Waals surface area contributed by atoms with Crippen LogP contribution >= 0.6 is 0 Å². The average molecular weight is 522 g/mol. The first-order valence-electron chi connectivity index (χ1n) is 12.1. The summed E-state index contributed by atoms with van der Waals surface area (Å²) in [4.78, 5) is 28.5. The van der Waals surface area contributed by atoms with Crippen LogP contribution in [0.25, 0.3) is 0 Å². The quantitative estimate of drug-likeness (QED) is 0.440. The van der Waals surface area contributed by atoms with Gasteiger partial charge < -0.3 is 10.2 Å². The molecule has 1 N–H and O–H groups in total. The Morgan fingerprint density at radius 2 is 1.49 bits per heavy atom. The van der Waals surface area contributed by atoms with Gasteiger partial charge in [0.25, 0.3) is 0 Å². The Labute approximate surface area is 220 Å². The Morgan fingerprint density at radius 1 is 0.865 bits per heavy atom. The van der Waals surface area contributed by atoms with E-state index in [1.807, 2.05) is 87.5 Å².